The number of amides is 2. The molecule has 1 aromatic carbocycles. The third-order valence-electron chi connectivity index (χ3n) is 4.71. The van der Waals surface area contributed by atoms with Gasteiger partial charge in [0.05, 0.1) is 6.54 Å². The number of benzene rings is 1. The standard InChI is InChI=1S/C19H30N4O2/c1-3-11-21-17(24)14-23-12-9-16(10-13-23)22-18(25)19(2,20)15-7-5-4-6-8-15/h4-8,16H,3,9-14,20H2,1-2H3,(H,21,24)(H,22,25). The van der Waals surface area contributed by atoms with Crippen molar-refractivity contribution in [2.45, 2.75) is 44.7 Å². The summed E-state index contributed by atoms with van der Waals surface area (Å²) in [5.74, 6) is -0.0826. The molecular formula is C19H30N4O2. The van der Waals surface area contributed by atoms with Crippen LogP contribution in [0.15, 0.2) is 30.3 Å². The van der Waals surface area contributed by atoms with Crippen molar-refractivity contribution < 1.29 is 9.59 Å². The minimum Gasteiger partial charge on any atom is -0.355 e. The van der Waals surface area contributed by atoms with Gasteiger partial charge in [0.1, 0.15) is 5.54 Å². The molecule has 2 rings (SSSR count). The van der Waals surface area contributed by atoms with Crippen LogP contribution < -0.4 is 16.4 Å². The Morgan fingerprint density at radius 2 is 1.88 bits per heavy atom. The van der Waals surface area contributed by atoms with Crippen molar-refractivity contribution in [3.63, 3.8) is 0 Å². The predicted molar refractivity (Wildman–Crippen MR) is 98.9 cm³/mol. The summed E-state index contributed by atoms with van der Waals surface area (Å²) in [6, 6.07) is 9.53. The molecule has 1 aliphatic rings. The molecule has 0 saturated carbocycles. The maximum absolute atomic E-state index is 12.6. The Morgan fingerprint density at radius 3 is 2.48 bits per heavy atom. The molecule has 1 aliphatic heterocycles. The van der Waals surface area contributed by atoms with Crippen molar-refractivity contribution in [1.29, 1.82) is 0 Å². The number of carbonyl (C=O) groups is 2. The normalized spacial score (nSPS) is 18.4. The van der Waals surface area contributed by atoms with E-state index in [2.05, 4.69) is 15.5 Å². The second-order valence-electron chi connectivity index (χ2n) is 6.94. The van der Waals surface area contributed by atoms with Crippen LogP contribution in [-0.2, 0) is 15.1 Å². The number of rotatable bonds is 7. The summed E-state index contributed by atoms with van der Waals surface area (Å²) in [5.41, 5.74) is 6.02. The number of hydrogen-bond donors (Lipinski definition) is 3. The van der Waals surface area contributed by atoms with Crippen LogP contribution in [0.25, 0.3) is 0 Å². The van der Waals surface area contributed by atoms with E-state index in [4.69, 9.17) is 5.73 Å². The molecule has 25 heavy (non-hydrogen) atoms. The van der Waals surface area contributed by atoms with Gasteiger partial charge in [0.2, 0.25) is 11.8 Å². The molecule has 1 saturated heterocycles. The zero-order chi connectivity index (χ0) is 18.3. The number of piperidine rings is 1. The second-order valence-corrected chi connectivity index (χ2v) is 6.94. The first-order chi connectivity index (χ1) is 11.9. The number of likely N-dealkylation sites (tertiary alicyclic amines) is 1. The molecule has 0 spiro atoms. The third kappa shape index (κ3) is 5.54. The molecular weight excluding hydrogens is 316 g/mol. The van der Waals surface area contributed by atoms with Crippen molar-refractivity contribution in [2.24, 2.45) is 5.73 Å². The van der Waals surface area contributed by atoms with Crippen molar-refractivity contribution >= 4 is 11.8 Å². The van der Waals surface area contributed by atoms with Crippen LogP contribution in [0.1, 0.15) is 38.7 Å². The first kappa shape index (κ1) is 19.4. The lowest BCUT2D eigenvalue weighted by Crippen LogP contribution is -2.54. The lowest BCUT2D eigenvalue weighted by atomic mass is 9.91. The second kappa shape index (κ2) is 8.97. The zero-order valence-corrected chi connectivity index (χ0v) is 15.3. The number of hydrogen-bond acceptors (Lipinski definition) is 4. The largest absolute Gasteiger partial charge is 0.355 e. The average molecular weight is 346 g/mol. The van der Waals surface area contributed by atoms with Gasteiger partial charge in [-0.3, -0.25) is 14.5 Å². The molecule has 0 aromatic heterocycles. The molecule has 0 bridgehead atoms. The van der Waals surface area contributed by atoms with E-state index in [9.17, 15) is 9.59 Å². The summed E-state index contributed by atoms with van der Waals surface area (Å²) in [7, 11) is 0. The maximum Gasteiger partial charge on any atom is 0.244 e. The summed E-state index contributed by atoms with van der Waals surface area (Å²) in [4.78, 5) is 26.5. The van der Waals surface area contributed by atoms with Crippen LogP contribution in [-0.4, -0.2) is 48.9 Å². The molecule has 6 nitrogen and oxygen atoms in total. The predicted octanol–water partition coefficient (Wildman–Crippen LogP) is 0.967. The van der Waals surface area contributed by atoms with E-state index in [0.29, 0.717) is 6.54 Å². The molecule has 1 heterocycles. The Balaban J connectivity index is 1.79. The molecule has 1 aromatic rings. The van der Waals surface area contributed by atoms with Gasteiger partial charge in [0.15, 0.2) is 0 Å². The average Bonchev–Trinajstić information content (AvgIpc) is 2.62. The highest BCUT2D eigenvalue weighted by Gasteiger charge is 2.32. The minimum absolute atomic E-state index is 0.0722. The molecule has 2 amide bonds. The van der Waals surface area contributed by atoms with Gasteiger partial charge in [-0.15, -0.1) is 0 Å². The van der Waals surface area contributed by atoms with Crippen molar-refractivity contribution in [1.82, 2.24) is 15.5 Å². The summed E-state index contributed by atoms with van der Waals surface area (Å²) in [6.45, 7) is 6.54. The van der Waals surface area contributed by atoms with Gasteiger partial charge >= 0.3 is 0 Å². The number of carbonyl (C=O) groups excluding carboxylic acids is 2. The molecule has 0 radical (unpaired) electrons. The molecule has 1 fully saturated rings. The molecule has 6 heteroatoms. The van der Waals surface area contributed by atoms with Crippen LogP contribution in [0.4, 0.5) is 0 Å². The quantitative estimate of drug-likeness (QED) is 0.686. The van der Waals surface area contributed by atoms with Crippen LogP contribution in [0, 0.1) is 0 Å². The minimum atomic E-state index is -1.04. The van der Waals surface area contributed by atoms with Crippen LogP contribution in [0.2, 0.25) is 0 Å². The SMILES string of the molecule is CCCNC(=O)CN1CCC(NC(=O)C(C)(N)c2ccccc2)CC1. The van der Waals surface area contributed by atoms with Gasteiger partial charge in [-0.2, -0.15) is 0 Å². The van der Waals surface area contributed by atoms with Gasteiger partial charge in [0.25, 0.3) is 0 Å². The monoisotopic (exact) mass is 346 g/mol. The van der Waals surface area contributed by atoms with E-state index < -0.39 is 5.54 Å². The lowest BCUT2D eigenvalue weighted by molar-refractivity contribution is -0.127. The summed E-state index contributed by atoms with van der Waals surface area (Å²) in [5, 5.41) is 5.97. The Kier molecular flexibility index (Phi) is 6.96. The Morgan fingerprint density at radius 1 is 1.24 bits per heavy atom. The van der Waals surface area contributed by atoms with E-state index in [-0.39, 0.29) is 17.9 Å². The maximum atomic E-state index is 12.6. The van der Waals surface area contributed by atoms with E-state index in [0.717, 1.165) is 44.5 Å². The fourth-order valence-corrected chi connectivity index (χ4v) is 3.01. The topological polar surface area (TPSA) is 87.5 Å². The van der Waals surface area contributed by atoms with Crippen molar-refractivity contribution in [3.05, 3.63) is 35.9 Å². The van der Waals surface area contributed by atoms with Gasteiger partial charge in [-0.25, -0.2) is 0 Å². The Bertz CT molecular complexity index is 566. The van der Waals surface area contributed by atoms with Gasteiger partial charge in [-0.05, 0) is 31.7 Å². The van der Waals surface area contributed by atoms with Crippen molar-refractivity contribution in [3.8, 4) is 0 Å². The van der Waals surface area contributed by atoms with Crippen LogP contribution in [0.3, 0.4) is 0 Å². The fraction of sp³-hybridized carbons (Fsp3) is 0.579. The summed E-state index contributed by atoms with van der Waals surface area (Å²) < 4.78 is 0. The molecule has 1 unspecified atom stereocenters. The number of nitrogens with zero attached hydrogens (tertiary/aromatic N) is 1. The van der Waals surface area contributed by atoms with Gasteiger partial charge in [0, 0.05) is 25.7 Å². The highest BCUT2D eigenvalue weighted by atomic mass is 16.2. The Hall–Kier alpha value is -1.92. The molecule has 4 N–H and O–H groups in total. The highest BCUT2D eigenvalue weighted by molar-refractivity contribution is 5.87. The van der Waals surface area contributed by atoms with Gasteiger partial charge in [-0.1, -0.05) is 37.3 Å². The first-order valence-electron chi connectivity index (χ1n) is 9.08. The number of nitrogens with two attached hydrogens (primary N) is 1. The van der Waals surface area contributed by atoms with Gasteiger partial charge < -0.3 is 16.4 Å². The Labute approximate surface area is 150 Å². The third-order valence-corrected chi connectivity index (χ3v) is 4.71. The molecule has 0 aliphatic carbocycles. The lowest BCUT2D eigenvalue weighted by Gasteiger charge is -2.34. The summed E-state index contributed by atoms with van der Waals surface area (Å²) >= 11 is 0. The zero-order valence-electron chi connectivity index (χ0n) is 15.3. The fourth-order valence-electron chi connectivity index (χ4n) is 3.01. The van der Waals surface area contributed by atoms with E-state index in [1.165, 1.54) is 0 Å². The van der Waals surface area contributed by atoms with Crippen LogP contribution in [0.5, 0.6) is 0 Å². The smallest absolute Gasteiger partial charge is 0.244 e. The number of nitrogens with one attached hydrogen (secondary N) is 2. The first-order valence-corrected chi connectivity index (χ1v) is 9.08. The van der Waals surface area contributed by atoms with Crippen LogP contribution >= 0.6 is 0 Å². The highest BCUT2D eigenvalue weighted by Crippen LogP contribution is 2.19. The van der Waals surface area contributed by atoms with E-state index in [1.807, 2.05) is 37.3 Å². The van der Waals surface area contributed by atoms with E-state index in [1.54, 1.807) is 6.92 Å². The van der Waals surface area contributed by atoms with E-state index >= 15 is 0 Å². The molecule has 1 atom stereocenters. The molecule has 138 valence electrons. The van der Waals surface area contributed by atoms with Crippen molar-refractivity contribution in [2.75, 3.05) is 26.2 Å². The summed E-state index contributed by atoms with van der Waals surface area (Å²) in [6.07, 6.45) is 2.61.